The summed E-state index contributed by atoms with van der Waals surface area (Å²) in [6, 6.07) is 11.6. The Morgan fingerprint density at radius 3 is 2.50 bits per heavy atom. The van der Waals surface area contributed by atoms with Crippen molar-refractivity contribution in [2.75, 3.05) is 24.4 Å². The molecule has 1 N–H and O–H groups in total. The molecule has 1 unspecified atom stereocenters. The standard InChI is InChI=1S/C22H29FN2O2S/c1-4-12-25-13-11-18(15-25)17-5-7-19(8-6-17)24-28(26,27)20-9-10-21(16(2)3)22(23)14-20/h5-10,14,16,18,24H,4,11-13,15H2,1-3H3. The topological polar surface area (TPSA) is 49.4 Å². The second kappa shape index (κ2) is 8.62. The molecule has 28 heavy (non-hydrogen) atoms. The highest BCUT2D eigenvalue weighted by Crippen LogP contribution is 2.29. The zero-order valence-electron chi connectivity index (χ0n) is 16.8. The highest BCUT2D eigenvalue weighted by atomic mass is 32.2. The summed E-state index contributed by atoms with van der Waals surface area (Å²) in [5, 5.41) is 0. The molecule has 1 aliphatic heterocycles. The monoisotopic (exact) mass is 404 g/mol. The molecule has 1 fully saturated rings. The average Bonchev–Trinajstić information content (AvgIpc) is 3.10. The van der Waals surface area contributed by atoms with Gasteiger partial charge in [0.25, 0.3) is 10.0 Å². The number of rotatable bonds is 7. The third-order valence-electron chi connectivity index (χ3n) is 5.35. The summed E-state index contributed by atoms with van der Waals surface area (Å²) in [7, 11) is -3.82. The van der Waals surface area contributed by atoms with Crippen LogP contribution in [0.5, 0.6) is 0 Å². The van der Waals surface area contributed by atoms with Crippen LogP contribution in [0.2, 0.25) is 0 Å². The van der Waals surface area contributed by atoms with Crippen molar-refractivity contribution in [1.29, 1.82) is 0 Å². The maximum absolute atomic E-state index is 14.2. The van der Waals surface area contributed by atoms with E-state index in [9.17, 15) is 12.8 Å². The summed E-state index contributed by atoms with van der Waals surface area (Å²) in [5.74, 6) is 0.00191. The molecule has 2 aromatic carbocycles. The fourth-order valence-corrected chi connectivity index (χ4v) is 4.87. The molecule has 0 radical (unpaired) electrons. The maximum atomic E-state index is 14.2. The van der Waals surface area contributed by atoms with Gasteiger partial charge in [-0.05, 0) is 73.2 Å². The Balaban J connectivity index is 1.70. The normalized spacial score (nSPS) is 18.0. The van der Waals surface area contributed by atoms with Crippen molar-refractivity contribution < 1.29 is 12.8 Å². The first-order valence-electron chi connectivity index (χ1n) is 9.94. The molecule has 0 saturated carbocycles. The van der Waals surface area contributed by atoms with Crippen LogP contribution in [0.3, 0.4) is 0 Å². The van der Waals surface area contributed by atoms with Crippen LogP contribution < -0.4 is 4.72 Å². The number of anilines is 1. The molecular formula is C22H29FN2O2S. The SMILES string of the molecule is CCCN1CCC(c2ccc(NS(=O)(=O)c3ccc(C(C)C)c(F)c3)cc2)C1. The number of hydrogen-bond acceptors (Lipinski definition) is 3. The summed E-state index contributed by atoms with van der Waals surface area (Å²) < 4.78 is 42.0. The summed E-state index contributed by atoms with van der Waals surface area (Å²) >= 11 is 0. The number of hydrogen-bond donors (Lipinski definition) is 1. The molecule has 152 valence electrons. The van der Waals surface area contributed by atoms with E-state index in [0.29, 0.717) is 17.2 Å². The number of benzene rings is 2. The fourth-order valence-electron chi connectivity index (χ4n) is 3.80. The van der Waals surface area contributed by atoms with Crippen molar-refractivity contribution in [3.05, 3.63) is 59.4 Å². The van der Waals surface area contributed by atoms with Gasteiger partial charge in [-0.1, -0.05) is 39.0 Å². The number of nitrogens with one attached hydrogen (secondary N) is 1. The van der Waals surface area contributed by atoms with Gasteiger partial charge in [0.1, 0.15) is 5.82 Å². The number of sulfonamides is 1. The zero-order chi connectivity index (χ0) is 20.3. The van der Waals surface area contributed by atoms with E-state index in [1.165, 1.54) is 11.6 Å². The van der Waals surface area contributed by atoms with Gasteiger partial charge in [0.2, 0.25) is 0 Å². The minimum Gasteiger partial charge on any atom is -0.303 e. The summed E-state index contributed by atoms with van der Waals surface area (Å²) in [6.45, 7) is 9.23. The van der Waals surface area contributed by atoms with Gasteiger partial charge in [-0.2, -0.15) is 0 Å². The molecule has 6 heteroatoms. The molecule has 0 aliphatic carbocycles. The first-order valence-corrected chi connectivity index (χ1v) is 11.4. The van der Waals surface area contributed by atoms with E-state index < -0.39 is 15.8 Å². The van der Waals surface area contributed by atoms with Crippen LogP contribution in [0.4, 0.5) is 10.1 Å². The summed E-state index contributed by atoms with van der Waals surface area (Å²) in [6.07, 6.45) is 2.29. The van der Waals surface area contributed by atoms with E-state index in [0.717, 1.165) is 38.5 Å². The molecule has 4 nitrogen and oxygen atoms in total. The van der Waals surface area contributed by atoms with Crippen LogP contribution in [0, 0.1) is 5.82 Å². The van der Waals surface area contributed by atoms with E-state index in [4.69, 9.17) is 0 Å². The van der Waals surface area contributed by atoms with Crippen molar-refractivity contribution >= 4 is 15.7 Å². The van der Waals surface area contributed by atoms with Crippen molar-refractivity contribution in [3.63, 3.8) is 0 Å². The molecule has 0 spiro atoms. The van der Waals surface area contributed by atoms with Gasteiger partial charge in [0, 0.05) is 12.2 Å². The first-order chi connectivity index (χ1) is 13.3. The number of halogens is 1. The Morgan fingerprint density at radius 1 is 1.18 bits per heavy atom. The van der Waals surface area contributed by atoms with Crippen LogP contribution in [-0.2, 0) is 10.0 Å². The maximum Gasteiger partial charge on any atom is 0.261 e. The molecule has 1 heterocycles. The van der Waals surface area contributed by atoms with Gasteiger partial charge in [0.05, 0.1) is 4.90 Å². The van der Waals surface area contributed by atoms with Crippen molar-refractivity contribution in [2.24, 2.45) is 0 Å². The second-order valence-electron chi connectivity index (χ2n) is 7.85. The predicted molar refractivity (Wildman–Crippen MR) is 112 cm³/mol. The number of likely N-dealkylation sites (tertiary alicyclic amines) is 1. The van der Waals surface area contributed by atoms with Gasteiger partial charge in [-0.25, -0.2) is 12.8 Å². The molecule has 0 bridgehead atoms. The van der Waals surface area contributed by atoms with E-state index in [1.807, 2.05) is 26.0 Å². The minimum absolute atomic E-state index is 0.00101. The van der Waals surface area contributed by atoms with E-state index in [1.54, 1.807) is 18.2 Å². The molecule has 0 aromatic heterocycles. The predicted octanol–water partition coefficient (Wildman–Crippen LogP) is 4.95. The molecule has 3 rings (SSSR count). The molecular weight excluding hydrogens is 375 g/mol. The number of nitrogens with zero attached hydrogens (tertiary/aromatic N) is 1. The largest absolute Gasteiger partial charge is 0.303 e. The lowest BCUT2D eigenvalue weighted by atomic mass is 9.98. The first kappa shape index (κ1) is 20.8. The summed E-state index contributed by atoms with van der Waals surface area (Å²) in [4.78, 5) is 2.40. The smallest absolute Gasteiger partial charge is 0.261 e. The Bertz CT molecular complexity index is 911. The van der Waals surface area contributed by atoms with Crippen LogP contribution in [0.1, 0.15) is 56.6 Å². The lowest BCUT2D eigenvalue weighted by Gasteiger charge is -2.15. The van der Waals surface area contributed by atoms with Crippen LogP contribution in [0.15, 0.2) is 47.4 Å². The zero-order valence-corrected chi connectivity index (χ0v) is 17.6. The third kappa shape index (κ3) is 4.73. The van der Waals surface area contributed by atoms with E-state index in [2.05, 4.69) is 16.5 Å². The van der Waals surface area contributed by atoms with E-state index in [-0.39, 0.29) is 10.8 Å². The average molecular weight is 405 g/mol. The Hall–Kier alpha value is -1.92. The molecule has 1 atom stereocenters. The van der Waals surface area contributed by atoms with Crippen LogP contribution in [-0.4, -0.2) is 33.0 Å². The summed E-state index contributed by atoms with van der Waals surface area (Å²) in [5.41, 5.74) is 2.23. The van der Waals surface area contributed by atoms with Crippen LogP contribution >= 0.6 is 0 Å². The van der Waals surface area contributed by atoms with Crippen molar-refractivity contribution in [3.8, 4) is 0 Å². The van der Waals surface area contributed by atoms with Gasteiger partial charge in [0.15, 0.2) is 0 Å². The highest BCUT2D eigenvalue weighted by Gasteiger charge is 2.23. The Morgan fingerprint density at radius 2 is 1.89 bits per heavy atom. The van der Waals surface area contributed by atoms with Crippen LogP contribution in [0.25, 0.3) is 0 Å². The molecule has 1 saturated heterocycles. The lowest BCUT2D eigenvalue weighted by molar-refractivity contribution is 0.335. The lowest BCUT2D eigenvalue weighted by Crippen LogP contribution is -2.20. The second-order valence-corrected chi connectivity index (χ2v) is 9.53. The van der Waals surface area contributed by atoms with Gasteiger partial charge < -0.3 is 4.90 Å². The van der Waals surface area contributed by atoms with Gasteiger partial charge in [-0.15, -0.1) is 0 Å². The minimum atomic E-state index is -3.82. The highest BCUT2D eigenvalue weighted by molar-refractivity contribution is 7.92. The third-order valence-corrected chi connectivity index (χ3v) is 6.73. The van der Waals surface area contributed by atoms with Gasteiger partial charge in [-0.3, -0.25) is 4.72 Å². The van der Waals surface area contributed by atoms with Crippen molar-refractivity contribution in [2.45, 2.75) is 50.3 Å². The fraction of sp³-hybridized carbons (Fsp3) is 0.455. The molecule has 2 aromatic rings. The molecule has 1 aliphatic rings. The van der Waals surface area contributed by atoms with E-state index >= 15 is 0 Å². The van der Waals surface area contributed by atoms with Gasteiger partial charge >= 0.3 is 0 Å². The molecule has 0 amide bonds. The van der Waals surface area contributed by atoms with Crippen molar-refractivity contribution in [1.82, 2.24) is 4.90 Å². The Labute approximate surface area is 167 Å². The Kier molecular flexibility index (Phi) is 6.40. The quantitative estimate of drug-likeness (QED) is 0.710.